The van der Waals surface area contributed by atoms with Gasteiger partial charge in [0.25, 0.3) is 0 Å². The lowest BCUT2D eigenvalue weighted by Gasteiger charge is -2.24. The maximum atomic E-state index is 6.38. The molecule has 1 saturated carbocycles. The number of benzene rings is 2. The molecule has 0 saturated heterocycles. The van der Waals surface area contributed by atoms with Gasteiger partial charge >= 0.3 is 0 Å². The van der Waals surface area contributed by atoms with E-state index in [-0.39, 0.29) is 0 Å². The Bertz CT molecular complexity index is 844. The summed E-state index contributed by atoms with van der Waals surface area (Å²) in [6.07, 6.45) is 4.65. The van der Waals surface area contributed by atoms with E-state index >= 15 is 0 Å². The average molecular weight is 376 g/mol. The molecule has 1 aliphatic heterocycles. The van der Waals surface area contributed by atoms with E-state index in [0.29, 0.717) is 22.5 Å². The fourth-order valence-corrected chi connectivity index (χ4v) is 3.56. The lowest BCUT2D eigenvalue weighted by Crippen LogP contribution is -2.13. The maximum absolute atomic E-state index is 6.38. The van der Waals surface area contributed by atoms with Gasteiger partial charge in [-0.05, 0) is 60.2 Å². The van der Waals surface area contributed by atoms with Gasteiger partial charge in [-0.3, -0.25) is 0 Å². The van der Waals surface area contributed by atoms with Crippen LogP contribution < -0.4 is 14.8 Å². The number of fused-ring (bicyclic) bond motifs is 1. The second kappa shape index (κ2) is 6.81. The molecular weight excluding hydrogens is 357 g/mol. The fraction of sp³-hybridized carbons (Fsp3) is 0.300. The average Bonchev–Trinajstić information content (AvgIpc) is 3.43. The van der Waals surface area contributed by atoms with Crippen LogP contribution in [0.3, 0.4) is 0 Å². The zero-order chi connectivity index (χ0) is 17.4. The number of rotatable bonds is 5. The lowest BCUT2D eigenvalue weighted by molar-refractivity contribution is 0.300. The van der Waals surface area contributed by atoms with Crippen LogP contribution in [0.15, 0.2) is 30.3 Å². The number of ether oxygens (including phenoxy) is 2. The molecule has 1 heterocycles. The summed E-state index contributed by atoms with van der Waals surface area (Å²) in [5.74, 6) is 2.39. The van der Waals surface area contributed by atoms with Crippen molar-refractivity contribution in [2.24, 2.45) is 5.92 Å². The highest BCUT2D eigenvalue weighted by Crippen LogP contribution is 2.42. The Morgan fingerprint density at radius 2 is 1.92 bits per heavy atom. The summed E-state index contributed by atoms with van der Waals surface area (Å²) in [7, 11) is 1.68. The molecule has 0 unspecified atom stereocenters. The van der Waals surface area contributed by atoms with Crippen molar-refractivity contribution in [3.05, 3.63) is 51.5 Å². The summed E-state index contributed by atoms with van der Waals surface area (Å²) in [6.45, 7) is 1.45. The Hall–Kier alpha value is -1.84. The van der Waals surface area contributed by atoms with Gasteiger partial charge in [0.15, 0.2) is 0 Å². The molecule has 0 atom stereocenters. The molecule has 0 aromatic heterocycles. The Balaban J connectivity index is 1.72. The number of hydrogen-bond acceptors (Lipinski definition) is 3. The highest BCUT2D eigenvalue weighted by atomic mass is 35.5. The van der Waals surface area contributed by atoms with E-state index in [1.54, 1.807) is 13.2 Å². The van der Waals surface area contributed by atoms with Crippen LogP contribution in [-0.2, 0) is 0 Å². The minimum Gasteiger partial charge on any atom is -0.496 e. The SMILES string of the molecule is COc1ccc(OCC2CC2)c2c1C=C(c1ccc(Cl)cc1Cl)CN2. The van der Waals surface area contributed by atoms with Crippen molar-refractivity contribution in [1.29, 1.82) is 0 Å². The molecule has 2 aromatic carbocycles. The molecule has 0 amide bonds. The summed E-state index contributed by atoms with van der Waals surface area (Å²) < 4.78 is 11.6. The molecule has 1 fully saturated rings. The third-order valence-electron chi connectivity index (χ3n) is 4.61. The third-order valence-corrected chi connectivity index (χ3v) is 5.16. The summed E-state index contributed by atoms with van der Waals surface area (Å²) in [6, 6.07) is 9.49. The van der Waals surface area contributed by atoms with E-state index in [2.05, 4.69) is 11.4 Å². The molecule has 5 heteroatoms. The minimum atomic E-state index is 0.631. The van der Waals surface area contributed by atoms with E-state index in [1.165, 1.54) is 12.8 Å². The predicted octanol–water partition coefficient (Wildman–Crippen LogP) is 5.76. The molecule has 25 heavy (non-hydrogen) atoms. The van der Waals surface area contributed by atoms with Crippen LogP contribution in [-0.4, -0.2) is 20.3 Å². The summed E-state index contributed by atoms with van der Waals surface area (Å²) >= 11 is 12.4. The first-order chi connectivity index (χ1) is 12.2. The maximum Gasteiger partial charge on any atom is 0.143 e. The molecule has 0 bridgehead atoms. The van der Waals surface area contributed by atoms with Crippen LogP contribution in [0, 0.1) is 5.92 Å². The first-order valence-corrected chi connectivity index (χ1v) is 9.15. The van der Waals surface area contributed by atoms with Crippen molar-refractivity contribution in [3.63, 3.8) is 0 Å². The van der Waals surface area contributed by atoms with Crippen LogP contribution in [0.2, 0.25) is 10.0 Å². The van der Waals surface area contributed by atoms with Gasteiger partial charge < -0.3 is 14.8 Å². The van der Waals surface area contributed by atoms with Crippen LogP contribution in [0.1, 0.15) is 24.0 Å². The molecule has 1 aliphatic carbocycles. The van der Waals surface area contributed by atoms with Gasteiger partial charge in [0.1, 0.15) is 11.5 Å². The van der Waals surface area contributed by atoms with Crippen molar-refractivity contribution in [2.45, 2.75) is 12.8 Å². The van der Waals surface area contributed by atoms with Gasteiger partial charge in [-0.25, -0.2) is 0 Å². The first-order valence-electron chi connectivity index (χ1n) is 8.39. The topological polar surface area (TPSA) is 30.5 Å². The van der Waals surface area contributed by atoms with Crippen molar-refractivity contribution in [3.8, 4) is 11.5 Å². The largest absolute Gasteiger partial charge is 0.496 e. The molecule has 2 aromatic rings. The normalized spacial score (nSPS) is 15.9. The van der Waals surface area contributed by atoms with Crippen LogP contribution >= 0.6 is 23.2 Å². The standard InChI is InChI=1S/C20H19Cl2NO2/c1-24-18-6-7-19(25-11-12-2-3-12)20-16(18)8-13(10-23-20)15-5-4-14(21)9-17(15)22/h4-9,12,23H,2-3,10-11H2,1H3. The zero-order valence-corrected chi connectivity index (χ0v) is 15.5. The van der Waals surface area contributed by atoms with Gasteiger partial charge in [0.05, 0.1) is 19.4 Å². The van der Waals surface area contributed by atoms with E-state index in [0.717, 1.165) is 40.5 Å². The van der Waals surface area contributed by atoms with Crippen LogP contribution in [0.25, 0.3) is 11.6 Å². The van der Waals surface area contributed by atoms with Crippen LogP contribution in [0.5, 0.6) is 11.5 Å². The van der Waals surface area contributed by atoms with Gasteiger partial charge in [-0.2, -0.15) is 0 Å². The summed E-state index contributed by atoms with van der Waals surface area (Å²) in [5.41, 5.74) is 4.03. The van der Waals surface area contributed by atoms with E-state index < -0.39 is 0 Å². The molecule has 2 aliphatic rings. The number of anilines is 1. The Labute approximate surface area is 157 Å². The Kier molecular flexibility index (Phi) is 4.53. The van der Waals surface area contributed by atoms with E-state index in [9.17, 15) is 0 Å². The zero-order valence-electron chi connectivity index (χ0n) is 13.9. The van der Waals surface area contributed by atoms with Crippen molar-refractivity contribution in [2.75, 3.05) is 25.6 Å². The van der Waals surface area contributed by atoms with Gasteiger partial charge in [0.2, 0.25) is 0 Å². The number of methoxy groups -OCH3 is 1. The number of nitrogens with one attached hydrogen (secondary N) is 1. The first kappa shape index (κ1) is 16.6. The highest BCUT2D eigenvalue weighted by Gasteiger charge is 2.24. The highest BCUT2D eigenvalue weighted by molar-refractivity contribution is 6.36. The smallest absolute Gasteiger partial charge is 0.143 e. The number of hydrogen-bond donors (Lipinski definition) is 1. The Morgan fingerprint density at radius 3 is 2.64 bits per heavy atom. The fourth-order valence-electron chi connectivity index (χ4n) is 3.03. The molecule has 3 nitrogen and oxygen atoms in total. The molecule has 1 N–H and O–H groups in total. The molecule has 0 spiro atoms. The Morgan fingerprint density at radius 1 is 1.12 bits per heavy atom. The minimum absolute atomic E-state index is 0.631. The molecule has 130 valence electrons. The summed E-state index contributed by atoms with van der Waals surface area (Å²) in [4.78, 5) is 0. The summed E-state index contributed by atoms with van der Waals surface area (Å²) in [5, 5.41) is 4.75. The molecule has 4 rings (SSSR count). The van der Waals surface area contributed by atoms with Crippen molar-refractivity contribution < 1.29 is 9.47 Å². The van der Waals surface area contributed by atoms with Crippen molar-refractivity contribution in [1.82, 2.24) is 0 Å². The van der Waals surface area contributed by atoms with E-state index in [1.807, 2.05) is 24.3 Å². The monoisotopic (exact) mass is 375 g/mol. The predicted molar refractivity (Wildman–Crippen MR) is 104 cm³/mol. The lowest BCUT2D eigenvalue weighted by atomic mass is 9.97. The van der Waals surface area contributed by atoms with Crippen LogP contribution in [0.4, 0.5) is 5.69 Å². The number of halogens is 2. The molecule has 0 radical (unpaired) electrons. The van der Waals surface area contributed by atoms with Crippen molar-refractivity contribution >= 4 is 40.5 Å². The third kappa shape index (κ3) is 3.44. The van der Waals surface area contributed by atoms with E-state index in [4.69, 9.17) is 32.7 Å². The van der Waals surface area contributed by atoms with Gasteiger partial charge in [0, 0.05) is 22.2 Å². The van der Waals surface area contributed by atoms with Gasteiger partial charge in [-0.1, -0.05) is 29.3 Å². The van der Waals surface area contributed by atoms with Gasteiger partial charge in [-0.15, -0.1) is 0 Å². The quantitative estimate of drug-likeness (QED) is 0.720. The molecular formula is C20H19Cl2NO2. The second-order valence-corrected chi connectivity index (χ2v) is 7.30. The second-order valence-electron chi connectivity index (χ2n) is 6.46.